The lowest BCUT2D eigenvalue weighted by molar-refractivity contribution is 0.290. The molecule has 2 rings (SSSR count). The fourth-order valence-electron chi connectivity index (χ4n) is 2.62. The van der Waals surface area contributed by atoms with Crippen molar-refractivity contribution >= 4 is 0 Å². The molecule has 2 aromatic carbocycles. The molecule has 0 heterocycles. The SMILES string of the molecule is CCCOc1c(CC(CN)c2ccc(F)c(F)c2)cccc1OC. The van der Waals surface area contributed by atoms with Crippen LogP contribution in [0.5, 0.6) is 11.5 Å². The second kappa shape index (κ2) is 8.64. The molecule has 0 aliphatic rings. The molecule has 2 N–H and O–H groups in total. The average molecular weight is 335 g/mol. The first-order valence-electron chi connectivity index (χ1n) is 8.04. The van der Waals surface area contributed by atoms with E-state index in [-0.39, 0.29) is 5.92 Å². The van der Waals surface area contributed by atoms with Crippen molar-refractivity contribution in [3.05, 3.63) is 59.2 Å². The highest BCUT2D eigenvalue weighted by atomic mass is 19.2. The van der Waals surface area contributed by atoms with Crippen molar-refractivity contribution in [3.63, 3.8) is 0 Å². The molecule has 0 saturated carbocycles. The second-order valence-corrected chi connectivity index (χ2v) is 5.61. The van der Waals surface area contributed by atoms with Gasteiger partial charge >= 0.3 is 0 Å². The van der Waals surface area contributed by atoms with Crippen molar-refractivity contribution in [1.82, 2.24) is 0 Å². The van der Waals surface area contributed by atoms with Gasteiger partial charge in [-0.1, -0.05) is 25.1 Å². The average Bonchev–Trinajstić information content (AvgIpc) is 2.60. The van der Waals surface area contributed by atoms with E-state index < -0.39 is 11.6 Å². The summed E-state index contributed by atoms with van der Waals surface area (Å²) in [4.78, 5) is 0. The van der Waals surface area contributed by atoms with Crippen LogP contribution >= 0.6 is 0 Å². The van der Waals surface area contributed by atoms with Gasteiger partial charge in [-0.2, -0.15) is 0 Å². The topological polar surface area (TPSA) is 44.5 Å². The lowest BCUT2D eigenvalue weighted by Gasteiger charge is -2.19. The predicted octanol–water partition coefficient (Wildman–Crippen LogP) is 4.05. The number of hydrogen-bond acceptors (Lipinski definition) is 3. The van der Waals surface area contributed by atoms with E-state index >= 15 is 0 Å². The molecule has 2 aromatic rings. The van der Waals surface area contributed by atoms with E-state index in [2.05, 4.69) is 0 Å². The van der Waals surface area contributed by atoms with Crippen molar-refractivity contribution in [2.45, 2.75) is 25.7 Å². The van der Waals surface area contributed by atoms with Gasteiger partial charge in [0.25, 0.3) is 0 Å². The first-order valence-corrected chi connectivity index (χ1v) is 8.04. The number of hydrogen-bond donors (Lipinski definition) is 1. The van der Waals surface area contributed by atoms with Crippen LogP contribution < -0.4 is 15.2 Å². The Bertz CT molecular complexity index is 676. The molecule has 5 heteroatoms. The van der Waals surface area contributed by atoms with Crippen LogP contribution in [-0.2, 0) is 6.42 Å². The zero-order valence-electron chi connectivity index (χ0n) is 14.0. The first kappa shape index (κ1) is 18.2. The van der Waals surface area contributed by atoms with Gasteiger partial charge in [-0.3, -0.25) is 0 Å². The molecular formula is C19H23F2NO2. The van der Waals surface area contributed by atoms with Crippen LogP contribution in [0.15, 0.2) is 36.4 Å². The van der Waals surface area contributed by atoms with Gasteiger partial charge in [0.15, 0.2) is 23.1 Å². The van der Waals surface area contributed by atoms with Gasteiger partial charge < -0.3 is 15.2 Å². The summed E-state index contributed by atoms with van der Waals surface area (Å²) in [5.41, 5.74) is 7.47. The van der Waals surface area contributed by atoms with Crippen LogP contribution in [-0.4, -0.2) is 20.3 Å². The smallest absolute Gasteiger partial charge is 0.164 e. The van der Waals surface area contributed by atoms with Gasteiger partial charge in [0.1, 0.15) is 0 Å². The summed E-state index contributed by atoms with van der Waals surface area (Å²) in [7, 11) is 1.59. The Balaban J connectivity index is 2.31. The van der Waals surface area contributed by atoms with Gasteiger partial charge in [0, 0.05) is 5.92 Å². The van der Waals surface area contributed by atoms with Crippen LogP contribution in [0.3, 0.4) is 0 Å². The number of nitrogens with two attached hydrogens (primary N) is 1. The minimum atomic E-state index is -0.862. The normalized spacial score (nSPS) is 12.0. The van der Waals surface area contributed by atoms with Crippen LogP contribution in [0.25, 0.3) is 0 Å². The third-order valence-electron chi connectivity index (χ3n) is 3.90. The highest BCUT2D eigenvalue weighted by Gasteiger charge is 2.18. The van der Waals surface area contributed by atoms with Crippen molar-refractivity contribution in [1.29, 1.82) is 0 Å². The van der Waals surface area contributed by atoms with Crippen molar-refractivity contribution < 1.29 is 18.3 Å². The van der Waals surface area contributed by atoms with Crippen molar-refractivity contribution in [2.24, 2.45) is 5.73 Å². The van der Waals surface area contributed by atoms with E-state index in [1.165, 1.54) is 6.07 Å². The number of methoxy groups -OCH3 is 1. The summed E-state index contributed by atoms with van der Waals surface area (Å²) in [6.45, 7) is 2.92. The Labute approximate surface area is 141 Å². The second-order valence-electron chi connectivity index (χ2n) is 5.61. The standard InChI is InChI=1S/C19H23F2NO2/c1-3-9-24-19-14(5-4-6-18(19)23-2)10-15(12-22)13-7-8-16(20)17(21)11-13/h4-8,11,15H,3,9-10,12,22H2,1-2H3. The lowest BCUT2D eigenvalue weighted by atomic mass is 9.91. The minimum Gasteiger partial charge on any atom is -0.493 e. The number of para-hydroxylation sites is 1. The van der Waals surface area contributed by atoms with E-state index in [1.54, 1.807) is 13.2 Å². The summed E-state index contributed by atoms with van der Waals surface area (Å²) < 4.78 is 37.9. The van der Waals surface area contributed by atoms with Crippen LogP contribution in [0, 0.1) is 11.6 Å². The Morgan fingerprint density at radius 2 is 1.92 bits per heavy atom. The molecule has 0 bridgehead atoms. The Morgan fingerprint density at radius 3 is 2.54 bits per heavy atom. The summed E-state index contributed by atoms with van der Waals surface area (Å²) >= 11 is 0. The molecule has 0 aliphatic carbocycles. The van der Waals surface area contributed by atoms with E-state index in [0.29, 0.717) is 36.6 Å². The fraction of sp³-hybridized carbons (Fsp3) is 0.368. The van der Waals surface area contributed by atoms with Crippen LogP contribution in [0.4, 0.5) is 8.78 Å². The number of rotatable bonds is 8. The van der Waals surface area contributed by atoms with E-state index in [4.69, 9.17) is 15.2 Å². The first-order chi connectivity index (χ1) is 11.6. The fourth-order valence-corrected chi connectivity index (χ4v) is 2.62. The summed E-state index contributed by atoms with van der Waals surface area (Å²) in [5.74, 6) is -0.525. The molecule has 3 nitrogen and oxygen atoms in total. The number of benzene rings is 2. The quantitative estimate of drug-likeness (QED) is 0.791. The maximum atomic E-state index is 13.5. The summed E-state index contributed by atoms with van der Waals surface area (Å²) in [6.07, 6.45) is 1.43. The molecule has 0 spiro atoms. The van der Waals surface area contributed by atoms with E-state index in [9.17, 15) is 8.78 Å². The van der Waals surface area contributed by atoms with Gasteiger partial charge in [-0.15, -0.1) is 0 Å². The molecule has 0 radical (unpaired) electrons. The number of halogens is 2. The maximum absolute atomic E-state index is 13.5. The summed E-state index contributed by atoms with van der Waals surface area (Å²) in [5, 5.41) is 0. The van der Waals surface area contributed by atoms with Gasteiger partial charge in [-0.05, 0) is 48.7 Å². The maximum Gasteiger partial charge on any atom is 0.164 e. The van der Waals surface area contributed by atoms with Gasteiger partial charge in [0.05, 0.1) is 13.7 Å². The minimum absolute atomic E-state index is 0.142. The highest BCUT2D eigenvalue weighted by molar-refractivity contribution is 5.47. The molecule has 24 heavy (non-hydrogen) atoms. The Morgan fingerprint density at radius 1 is 1.12 bits per heavy atom. The molecule has 0 amide bonds. The van der Waals surface area contributed by atoms with Crippen molar-refractivity contribution in [2.75, 3.05) is 20.3 Å². The zero-order valence-corrected chi connectivity index (χ0v) is 14.0. The predicted molar refractivity (Wildman–Crippen MR) is 90.6 cm³/mol. The highest BCUT2D eigenvalue weighted by Crippen LogP contribution is 2.34. The third-order valence-corrected chi connectivity index (χ3v) is 3.90. The van der Waals surface area contributed by atoms with E-state index in [1.807, 2.05) is 25.1 Å². The van der Waals surface area contributed by atoms with Gasteiger partial charge in [-0.25, -0.2) is 8.78 Å². The monoisotopic (exact) mass is 335 g/mol. The van der Waals surface area contributed by atoms with Crippen LogP contribution in [0.1, 0.15) is 30.4 Å². The molecule has 0 aromatic heterocycles. The summed E-state index contributed by atoms with van der Waals surface area (Å²) in [6, 6.07) is 9.57. The van der Waals surface area contributed by atoms with E-state index in [0.717, 1.165) is 18.1 Å². The molecule has 1 unspecified atom stereocenters. The molecular weight excluding hydrogens is 312 g/mol. The Hall–Kier alpha value is -2.14. The number of ether oxygens (including phenoxy) is 2. The third kappa shape index (κ3) is 4.23. The molecule has 0 aliphatic heterocycles. The molecule has 0 saturated heterocycles. The van der Waals surface area contributed by atoms with Crippen LogP contribution in [0.2, 0.25) is 0 Å². The molecule has 1 atom stereocenters. The molecule has 0 fully saturated rings. The largest absolute Gasteiger partial charge is 0.493 e. The molecule has 130 valence electrons. The zero-order chi connectivity index (χ0) is 17.5. The Kier molecular flexibility index (Phi) is 6.55. The van der Waals surface area contributed by atoms with Gasteiger partial charge in [0.2, 0.25) is 0 Å². The van der Waals surface area contributed by atoms with Crippen molar-refractivity contribution in [3.8, 4) is 11.5 Å². The lowest BCUT2D eigenvalue weighted by Crippen LogP contribution is -2.16.